The predicted octanol–water partition coefficient (Wildman–Crippen LogP) is 2.65. The maximum atomic E-state index is 11.8. The molecule has 0 spiro atoms. The van der Waals surface area contributed by atoms with E-state index in [1.165, 1.54) is 6.20 Å². The molecule has 0 atom stereocenters. The third-order valence-corrected chi connectivity index (χ3v) is 3.53. The molecular weight excluding hydrogens is 343 g/mol. The van der Waals surface area contributed by atoms with Crippen molar-refractivity contribution >= 4 is 39.1 Å². The Balaban J connectivity index is 2.53. The third-order valence-electron chi connectivity index (χ3n) is 2.35. The Kier molecular flexibility index (Phi) is 3.94. The van der Waals surface area contributed by atoms with Crippen LogP contribution in [0.2, 0.25) is 10.0 Å². The van der Waals surface area contributed by atoms with E-state index >= 15 is 0 Å². The van der Waals surface area contributed by atoms with Crippen LogP contribution in [0.15, 0.2) is 38.5 Å². The molecule has 0 aliphatic carbocycles. The van der Waals surface area contributed by atoms with Crippen molar-refractivity contribution in [1.29, 1.82) is 0 Å². The Morgan fingerprint density at radius 2 is 2.00 bits per heavy atom. The van der Waals surface area contributed by atoms with Crippen molar-refractivity contribution in [2.75, 3.05) is 0 Å². The highest BCUT2D eigenvalue weighted by Crippen LogP contribution is 2.20. The lowest BCUT2D eigenvalue weighted by Gasteiger charge is -2.07. The molecule has 0 amide bonds. The van der Waals surface area contributed by atoms with Gasteiger partial charge in [-0.05, 0) is 39.7 Å². The maximum absolute atomic E-state index is 11.8. The van der Waals surface area contributed by atoms with Crippen LogP contribution in [0.25, 0.3) is 0 Å². The molecule has 0 aliphatic heterocycles. The van der Waals surface area contributed by atoms with E-state index in [1.807, 2.05) is 0 Å². The molecule has 0 radical (unpaired) electrons. The van der Waals surface area contributed by atoms with Gasteiger partial charge in [-0.25, -0.2) is 4.79 Å². The Labute approximate surface area is 120 Å². The summed E-state index contributed by atoms with van der Waals surface area (Å²) in [7, 11) is 0. The first-order valence-corrected chi connectivity index (χ1v) is 6.46. The topological polar surface area (TPSA) is 54.9 Å². The van der Waals surface area contributed by atoms with Gasteiger partial charge in [0.2, 0.25) is 0 Å². The quantitative estimate of drug-likeness (QED) is 0.906. The van der Waals surface area contributed by atoms with Gasteiger partial charge in [0.25, 0.3) is 5.56 Å². The lowest BCUT2D eigenvalue weighted by atomic mass is 10.2. The molecule has 0 bridgehead atoms. The van der Waals surface area contributed by atoms with Gasteiger partial charge in [0, 0.05) is 16.2 Å². The summed E-state index contributed by atoms with van der Waals surface area (Å²) in [6.07, 6.45) is 1.31. The van der Waals surface area contributed by atoms with Gasteiger partial charge < -0.3 is 4.98 Å². The average Bonchev–Trinajstić information content (AvgIpc) is 2.34. The van der Waals surface area contributed by atoms with Gasteiger partial charge in [0.15, 0.2) is 0 Å². The predicted molar refractivity (Wildman–Crippen MR) is 74.6 cm³/mol. The number of halogens is 3. The highest BCUT2D eigenvalue weighted by Gasteiger charge is 2.08. The van der Waals surface area contributed by atoms with E-state index < -0.39 is 11.2 Å². The van der Waals surface area contributed by atoms with Crippen molar-refractivity contribution in [1.82, 2.24) is 9.55 Å². The first-order valence-electron chi connectivity index (χ1n) is 4.91. The lowest BCUT2D eigenvalue weighted by Crippen LogP contribution is -2.35. The number of hydrogen-bond donors (Lipinski definition) is 1. The van der Waals surface area contributed by atoms with Crippen LogP contribution in [0.1, 0.15) is 5.56 Å². The fourth-order valence-corrected chi connectivity index (χ4v) is 2.16. The molecular formula is C11H7BrCl2N2O2. The smallest absolute Gasteiger partial charge is 0.313 e. The van der Waals surface area contributed by atoms with Gasteiger partial charge in [-0.2, -0.15) is 0 Å². The molecule has 4 nitrogen and oxygen atoms in total. The first-order chi connectivity index (χ1) is 8.49. The number of rotatable bonds is 2. The number of benzene rings is 1. The molecule has 1 N–H and O–H groups in total. The molecule has 0 saturated carbocycles. The number of nitrogens with zero attached hydrogens (tertiary/aromatic N) is 1. The Morgan fingerprint density at radius 3 is 2.72 bits per heavy atom. The third kappa shape index (κ3) is 2.68. The van der Waals surface area contributed by atoms with E-state index in [1.54, 1.807) is 18.2 Å². The standard InChI is InChI=1S/C11H7BrCl2N2O2/c12-8-4-15-11(18)16(10(8)17)5-6-3-7(13)1-2-9(6)14/h1-4H,5H2,(H,15,18). The number of H-pyrrole nitrogens is 1. The molecule has 2 aromatic rings. The Morgan fingerprint density at radius 1 is 1.28 bits per heavy atom. The van der Waals surface area contributed by atoms with Crippen LogP contribution in [0.3, 0.4) is 0 Å². The minimum absolute atomic E-state index is 0.0625. The highest BCUT2D eigenvalue weighted by atomic mass is 79.9. The van der Waals surface area contributed by atoms with Crippen LogP contribution in [0.5, 0.6) is 0 Å². The second-order valence-corrected chi connectivity index (χ2v) is 5.27. The van der Waals surface area contributed by atoms with E-state index in [9.17, 15) is 9.59 Å². The molecule has 7 heteroatoms. The SMILES string of the molecule is O=c1[nH]cc(Br)c(=O)n1Cc1cc(Cl)ccc1Cl. The summed E-state index contributed by atoms with van der Waals surface area (Å²) < 4.78 is 1.32. The average molecular weight is 350 g/mol. The minimum Gasteiger partial charge on any atom is -0.313 e. The van der Waals surface area contributed by atoms with E-state index in [0.29, 0.717) is 15.6 Å². The van der Waals surface area contributed by atoms with Gasteiger partial charge in [0.05, 0.1) is 11.0 Å². The van der Waals surface area contributed by atoms with Crippen molar-refractivity contribution in [3.05, 3.63) is 65.3 Å². The van der Waals surface area contributed by atoms with Crippen LogP contribution in [-0.2, 0) is 6.54 Å². The summed E-state index contributed by atoms with van der Waals surface area (Å²) in [6, 6.07) is 4.88. The molecule has 1 aromatic heterocycles. The first kappa shape index (κ1) is 13.4. The van der Waals surface area contributed by atoms with E-state index in [2.05, 4.69) is 20.9 Å². The molecule has 0 fully saturated rings. The minimum atomic E-state index is -0.501. The fraction of sp³-hybridized carbons (Fsp3) is 0.0909. The van der Waals surface area contributed by atoms with Crippen LogP contribution >= 0.6 is 39.1 Å². The van der Waals surface area contributed by atoms with Gasteiger partial charge in [-0.15, -0.1) is 0 Å². The van der Waals surface area contributed by atoms with Crippen molar-refractivity contribution in [2.45, 2.75) is 6.54 Å². The second kappa shape index (κ2) is 5.30. The van der Waals surface area contributed by atoms with E-state index in [0.717, 1.165) is 4.57 Å². The van der Waals surface area contributed by atoms with Crippen LogP contribution in [0, 0.1) is 0 Å². The zero-order chi connectivity index (χ0) is 13.3. The van der Waals surface area contributed by atoms with Gasteiger partial charge in [-0.1, -0.05) is 23.2 Å². The van der Waals surface area contributed by atoms with Gasteiger partial charge >= 0.3 is 5.69 Å². The molecule has 0 aliphatic rings. The maximum Gasteiger partial charge on any atom is 0.328 e. The zero-order valence-electron chi connectivity index (χ0n) is 8.91. The van der Waals surface area contributed by atoms with E-state index in [-0.39, 0.29) is 11.0 Å². The largest absolute Gasteiger partial charge is 0.328 e. The molecule has 2 rings (SSSR count). The number of aromatic amines is 1. The molecule has 0 unspecified atom stereocenters. The Hall–Kier alpha value is -1.04. The summed E-state index contributed by atoms with van der Waals surface area (Å²) in [4.78, 5) is 25.9. The molecule has 1 aromatic carbocycles. The zero-order valence-corrected chi connectivity index (χ0v) is 12.0. The highest BCUT2D eigenvalue weighted by molar-refractivity contribution is 9.10. The molecule has 18 heavy (non-hydrogen) atoms. The lowest BCUT2D eigenvalue weighted by molar-refractivity contribution is 0.694. The van der Waals surface area contributed by atoms with Crippen molar-refractivity contribution in [3.8, 4) is 0 Å². The van der Waals surface area contributed by atoms with Crippen LogP contribution in [0.4, 0.5) is 0 Å². The normalized spacial score (nSPS) is 10.6. The summed E-state index contributed by atoms with van der Waals surface area (Å²) in [6.45, 7) is 0.0625. The van der Waals surface area contributed by atoms with E-state index in [4.69, 9.17) is 23.2 Å². The molecule has 94 valence electrons. The van der Waals surface area contributed by atoms with Crippen LogP contribution in [-0.4, -0.2) is 9.55 Å². The van der Waals surface area contributed by atoms with Crippen molar-refractivity contribution in [3.63, 3.8) is 0 Å². The second-order valence-electron chi connectivity index (χ2n) is 3.57. The summed E-state index contributed by atoms with van der Waals surface area (Å²) >= 11 is 14.9. The Bertz CT molecular complexity index is 709. The van der Waals surface area contributed by atoms with Gasteiger partial charge in [-0.3, -0.25) is 9.36 Å². The van der Waals surface area contributed by atoms with Crippen LogP contribution < -0.4 is 11.2 Å². The van der Waals surface area contributed by atoms with Gasteiger partial charge in [0.1, 0.15) is 0 Å². The summed E-state index contributed by atoms with van der Waals surface area (Å²) in [5.41, 5.74) is -0.316. The van der Waals surface area contributed by atoms with Crippen molar-refractivity contribution < 1.29 is 0 Å². The summed E-state index contributed by atoms with van der Waals surface area (Å²) in [5.74, 6) is 0. The number of nitrogens with one attached hydrogen (secondary N) is 1. The van der Waals surface area contributed by atoms with Crippen molar-refractivity contribution in [2.24, 2.45) is 0 Å². The number of hydrogen-bond acceptors (Lipinski definition) is 2. The monoisotopic (exact) mass is 348 g/mol. The number of aromatic nitrogens is 2. The fourth-order valence-electron chi connectivity index (χ4n) is 1.46. The summed E-state index contributed by atoms with van der Waals surface area (Å²) in [5, 5.41) is 0.944. The molecule has 1 heterocycles. The molecule has 0 saturated heterocycles.